The van der Waals surface area contributed by atoms with Crippen LogP contribution >= 0.6 is 0 Å². The maximum atomic E-state index is 5.79. The van der Waals surface area contributed by atoms with Gasteiger partial charge in [-0.15, -0.1) is 0 Å². The molecule has 1 aliphatic rings. The van der Waals surface area contributed by atoms with Crippen LogP contribution in [0.5, 0.6) is 5.75 Å². The average molecular weight is 281 g/mol. The van der Waals surface area contributed by atoms with Gasteiger partial charge >= 0.3 is 0 Å². The normalized spacial score (nSPS) is 20.7. The van der Waals surface area contributed by atoms with E-state index in [1.54, 1.807) is 0 Å². The minimum Gasteiger partial charge on any atom is -0.489 e. The second-order valence-corrected chi connectivity index (χ2v) is 5.46. The second-order valence-electron chi connectivity index (χ2n) is 5.46. The number of hydrogen-bond donors (Lipinski definition) is 2. The van der Waals surface area contributed by atoms with E-state index in [9.17, 15) is 0 Å². The molecular weight excluding hydrogens is 262 g/mol. The van der Waals surface area contributed by atoms with Crippen LogP contribution in [0.25, 0.3) is 0 Å². The predicted octanol–water partition coefficient (Wildman–Crippen LogP) is 2.40. The molecular formula is C17H19N3O. The van der Waals surface area contributed by atoms with E-state index in [0.29, 0.717) is 19.1 Å². The molecule has 1 heterocycles. The fraction of sp³-hybridized carbons (Fsp3) is 0.235. The molecule has 0 bridgehead atoms. The molecule has 108 valence electrons. The summed E-state index contributed by atoms with van der Waals surface area (Å²) < 4.78 is 5.79. The van der Waals surface area contributed by atoms with Crippen molar-refractivity contribution in [1.82, 2.24) is 5.32 Å². The minimum absolute atomic E-state index is 0.220. The molecule has 0 radical (unpaired) electrons. The van der Waals surface area contributed by atoms with Gasteiger partial charge in [-0.3, -0.25) is 4.99 Å². The number of nitrogens with one attached hydrogen (secondary N) is 1. The van der Waals surface area contributed by atoms with Crippen molar-refractivity contribution in [2.24, 2.45) is 10.7 Å². The van der Waals surface area contributed by atoms with Crippen molar-refractivity contribution in [3.8, 4) is 5.75 Å². The molecule has 0 saturated carbocycles. The van der Waals surface area contributed by atoms with Crippen LogP contribution in [-0.4, -0.2) is 12.5 Å². The number of guanidine groups is 1. The van der Waals surface area contributed by atoms with Crippen LogP contribution < -0.4 is 15.8 Å². The van der Waals surface area contributed by atoms with E-state index in [1.807, 2.05) is 30.3 Å². The van der Waals surface area contributed by atoms with Gasteiger partial charge in [0.2, 0.25) is 0 Å². The summed E-state index contributed by atoms with van der Waals surface area (Å²) in [6, 6.07) is 18.2. The van der Waals surface area contributed by atoms with Crippen molar-refractivity contribution >= 4 is 5.96 Å². The third-order valence-corrected chi connectivity index (χ3v) is 3.71. The lowest BCUT2D eigenvalue weighted by atomic mass is 9.93. The molecule has 0 amide bonds. The van der Waals surface area contributed by atoms with Crippen molar-refractivity contribution in [2.75, 3.05) is 6.54 Å². The Morgan fingerprint density at radius 2 is 1.86 bits per heavy atom. The van der Waals surface area contributed by atoms with E-state index >= 15 is 0 Å². The number of nitrogens with two attached hydrogens (primary N) is 1. The highest BCUT2D eigenvalue weighted by Gasteiger charge is 2.31. The van der Waals surface area contributed by atoms with Gasteiger partial charge in [-0.25, -0.2) is 0 Å². The van der Waals surface area contributed by atoms with Crippen molar-refractivity contribution in [3.63, 3.8) is 0 Å². The average Bonchev–Trinajstić information content (AvgIpc) is 2.87. The Morgan fingerprint density at radius 1 is 1.14 bits per heavy atom. The summed E-state index contributed by atoms with van der Waals surface area (Å²) >= 11 is 0. The largest absolute Gasteiger partial charge is 0.489 e. The summed E-state index contributed by atoms with van der Waals surface area (Å²) in [5.74, 6) is 1.36. The molecule has 0 spiro atoms. The standard InChI is InChI=1S/C17H19N3O/c1-17(12-19-16(18)20-17)14-7-9-15(10-8-14)21-11-13-5-3-2-4-6-13/h2-10H,11-12H2,1H3,(H3,18,19,20). The first-order valence-corrected chi connectivity index (χ1v) is 7.01. The second kappa shape index (κ2) is 5.48. The Bertz CT molecular complexity index is 637. The van der Waals surface area contributed by atoms with Crippen molar-refractivity contribution in [1.29, 1.82) is 0 Å². The lowest BCUT2D eigenvalue weighted by Gasteiger charge is -2.24. The molecule has 3 N–H and O–H groups in total. The molecule has 2 aromatic rings. The first-order chi connectivity index (χ1) is 10.2. The predicted molar refractivity (Wildman–Crippen MR) is 84.2 cm³/mol. The Morgan fingerprint density at radius 3 is 2.48 bits per heavy atom. The fourth-order valence-corrected chi connectivity index (χ4v) is 2.43. The SMILES string of the molecule is CC1(c2ccc(OCc3ccccc3)cc2)CN=C(N)N1. The lowest BCUT2D eigenvalue weighted by molar-refractivity contribution is 0.306. The summed E-state index contributed by atoms with van der Waals surface area (Å²) in [5.41, 5.74) is 7.79. The summed E-state index contributed by atoms with van der Waals surface area (Å²) in [6.45, 7) is 3.32. The van der Waals surface area contributed by atoms with E-state index in [0.717, 1.165) is 16.9 Å². The Labute approximate surface area is 124 Å². The van der Waals surface area contributed by atoms with Gasteiger partial charge in [-0.05, 0) is 30.2 Å². The summed E-state index contributed by atoms with van der Waals surface area (Å²) in [5, 5.41) is 3.21. The molecule has 0 aliphatic carbocycles. The maximum absolute atomic E-state index is 5.79. The van der Waals surface area contributed by atoms with E-state index in [1.165, 1.54) is 0 Å². The van der Waals surface area contributed by atoms with Crippen LogP contribution in [-0.2, 0) is 12.1 Å². The zero-order valence-corrected chi connectivity index (χ0v) is 12.0. The Balaban J connectivity index is 1.65. The van der Waals surface area contributed by atoms with E-state index in [4.69, 9.17) is 10.5 Å². The van der Waals surface area contributed by atoms with Gasteiger partial charge in [0.25, 0.3) is 0 Å². The van der Waals surface area contributed by atoms with Crippen molar-refractivity contribution in [3.05, 3.63) is 65.7 Å². The molecule has 4 nitrogen and oxygen atoms in total. The highest BCUT2D eigenvalue weighted by molar-refractivity contribution is 5.81. The molecule has 0 saturated heterocycles. The third-order valence-electron chi connectivity index (χ3n) is 3.71. The Kier molecular flexibility index (Phi) is 3.52. The molecule has 2 aromatic carbocycles. The van der Waals surface area contributed by atoms with E-state index in [2.05, 4.69) is 41.5 Å². The molecule has 1 atom stereocenters. The van der Waals surface area contributed by atoms with Crippen LogP contribution in [0.1, 0.15) is 18.1 Å². The number of hydrogen-bond acceptors (Lipinski definition) is 4. The van der Waals surface area contributed by atoms with Crippen LogP contribution in [0.2, 0.25) is 0 Å². The van der Waals surface area contributed by atoms with Gasteiger partial charge in [0, 0.05) is 0 Å². The summed E-state index contributed by atoms with van der Waals surface area (Å²) in [4.78, 5) is 4.22. The van der Waals surface area contributed by atoms with Crippen molar-refractivity contribution < 1.29 is 4.74 Å². The van der Waals surface area contributed by atoms with E-state index < -0.39 is 0 Å². The number of aliphatic imine (C=N–C) groups is 1. The molecule has 0 fully saturated rings. The van der Waals surface area contributed by atoms with Crippen LogP contribution in [0.4, 0.5) is 0 Å². The highest BCUT2D eigenvalue weighted by Crippen LogP contribution is 2.26. The van der Waals surface area contributed by atoms with Crippen LogP contribution in [0.15, 0.2) is 59.6 Å². The number of rotatable bonds is 4. The Hall–Kier alpha value is -2.49. The minimum atomic E-state index is -0.220. The van der Waals surface area contributed by atoms with Gasteiger partial charge in [0.05, 0.1) is 12.1 Å². The fourth-order valence-electron chi connectivity index (χ4n) is 2.43. The quantitative estimate of drug-likeness (QED) is 0.904. The highest BCUT2D eigenvalue weighted by atomic mass is 16.5. The topological polar surface area (TPSA) is 59.6 Å². The molecule has 21 heavy (non-hydrogen) atoms. The first-order valence-electron chi connectivity index (χ1n) is 7.01. The van der Waals surface area contributed by atoms with Gasteiger partial charge < -0.3 is 15.8 Å². The third kappa shape index (κ3) is 2.99. The van der Waals surface area contributed by atoms with Gasteiger partial charge in [-0.1, -0.05) is 42.5 Å². The number of ether oxygens (including phenoxy) is 1. The van der Waals surface area contributed by atoms with Gasteiger partial charge in [0.1, 0.15) is 12.4 Å². The van der Waals surface area contributed by atoms with Gasteiger partial charge in [-0.2, -0.15) is 0 Å². The monoisotopic (exact) mass is 281 g/mol. The lowest BCUT2D eigenvalue weighted by Crippen LogP contribution is -2.42. The van der Waals surface area contributed by atoms with Crippen LogP contribution in [0, 0.1) is 0 Å². The molecule has 3 rings (SSSR count). The molecule has 0 aromatic heterocycles. The smallest absolute Gasteiger partial charge is 0.189 e. The summed E-state index contributed by atoms with van der Waals surface area (Å²) in [6.07, 6.45) is 0. The zero-order valence-electron chi connectivity index (χ0n) is 12.0. The zero-order chi connectivity index (χ0) is 14.7. The molecule has 1 unspecified atom stereocenters. The maximum Gasteiger partial charge on any atom is 0.189 e. The first kappa shape index (κ1) is 13.5. The van der Waals surface area contributed by atoms with Gasteiger partial charge in [0.15, 0.2) is 5.96 Å². The molecule has 4 heteroatoms. The number of nitrogens with zero attached hydrogens (tertiary/aromatic N) is 1. The number of benzene rings is 2. The van der Waals surface area contributed by atoms with Crippen LogP contribution in [0.3, 0.4) is 0 Å². The van der Waals surface area contributed by atoms with E-state index in [-0.39, 0.29) is 5.54 Å². The van der Waals surface area contributed by atoms with Crippen molar-refractivity contribution in [2.45, 2.75) is 19.1 Å². The summed E-state index contributed by atoms with van der Waals surface area (Å²) in [7, 11) is 0. The molecule has 1 aliphatic heterocycles.